The fraction of sp³-hybridized carbons (Fsp3) is 0.500. The fourth-order valence-corrected chi connectivity index (χ4v) is 0.400. The number of nitrogens with one attached hydrogen (secondary N) is 2. The molecule has 0 aliphatic heterocycles. The van der Waals surface area contributed by atoms with Crippen molar-refractivity contribution >= 4 is 6.41 Å². The summed E-state index contributed by atoms with van der Waals surface area (Å²) < 4.78 is 0. The lowest BCUT2D eigenvalue weighted by Gasteiger charge is -2.08. The van der Waals surface area contributed by atoms with Crippen molar-refractivity contribution in [2.24, 2.45) is 0 Å². The third-order valence-electron chi connectivity index (χ3n) is 0.844. The van der Waals surface area contributed by atoms with Crippen LogP contribution in [-0.2, 0) is 4.79 Å². The molecule has 0 spiro atoms. The van der Waals surface area contributed by atoms with E-state index in [0.29, 0.717) is 6.54 Å². The lowest BCUT2D eigenvalue weighted by atomic mass is 10.5. The zero-order valence-corrected chi connectivity index (χ0v) is 5.48. The molecule has 9 heavy (non-hydrogen) atoms. The number of rotatable bonds is 5. The molecule has 1 radical (unpaired) electrons. The van der Waals surface area contributed by atoms with Crippen molar-refractivity contribution in [3.63, 3.8) is 0 Å². The van der Waals surface area contributed by atoms with Gasteiger partial charge in [0.1, 0.15) is 0 Å². The van der Waals surface area contributed by atoms with Crippen molar-refractivity contribution in [2.45, 2.75) is 13.1 Å². The van der Waals surface area contributed by atoms with E-state index in [1.807, 2.05) is 6.92 Å². The standard InChI is InChI=1S/C6H11N2O/c1-3-4-7-6(2)8-5-9/h3,6-7H,1,4H2,2H3,(H,8,9). The highest BCUT2D eigenvalue weighted by atomic mass is 16.1. The van der Waals surface area contributed by atoms with Crippen LogP contribution in [0.1, 0.15) is 6.92 Å². The first-order valence-corrected chi connectivity index (χ1v) is 2.78. The summed E-state index contributed by atoms with van der Waals surface area (Å²) in [7, 11) is 0. The van der Waals surface area contributed by atoms with Gasteiger partial charge >= 0.3 is 6.41 Å². The maximum absolute atomic E-state index is 9.68. The summed E-state index contributed by atoms with van der Waals surface area (Å²) >= 11 is 0. The van der Waals surface area contributed by atoms with Crippen LogP contribution in [0.25, 0.3) is 0 Å². The summed E-state index contributed by atoms with van der Waals surface area (Å²) in [6.45, 7) is 6.02. The minimum atomic E-state index is -0.0273. The van der Waals surface area contributed by atoms with Gasteiger partial charge in [0.2, 0.25) is 0 Å². The summed E-state index contributed by atoms with van der Waals surface area (Å²) in [5, 5.41) is 5.36. The van der Waals surface area contributed by atoms with Gasteiger partial charge < -0.3 is 5.32 Å². The van der Waals surface area contributed by atoms with E-state index in [-0.39, 0.29) is 6.17 Å². The molecule has 0 saturated heterocycles. The van der Waals surface area contributed by atoms with Crippen LogP contribution in [0.2, 0.25) is 0 Å². The molecule has 0 heterocycles. The maximum atomic E-state index is 9.68. The number of carbonyl (C=O) groups excluding carboxylic acids is 1. The zero-order chi connectivity index (χ0) is 7.11. The summed E-state index contributed by atoms with van der Waals surface area (Å²) in [6.07, 6.45) is 3.28. The average Bonchev–Trinajstić information content (AvgIpc) is 1.85. The third-order valence-corrected chi connectivity index (χ3v) is 0.844. The van der Waals surface area contributed by atoms with Crippen molar-refractivity contribution in [1.29, 1.82) is 0 Å². The Kier molecular flexibility index (Phi) is 4.82. The molecule has 3 heteroatoms. The second-order valence-electron chi connectivity index (χ2n) is 1.67. The molecule has 2 N–H and O–H groups in total. The van der Waals surface area contributed by atoms with Crippen molar-refractivity contribution in [3.8, 4) is 0 Å². The van der Waals surface area contributed by atoms with Gasteiger partial charge in [-0.15, -0.1) is 6.58 Å². The van der Waals surface area contributed by atoms with Gasteiger partial charge in [-0.3, -0.25) is 10.1 Å². The van der Waals surface area contributed by atoms with Gasteiger partial charge in [-0.2, -0.15) is 0 Å². The Balaban J connectivity index is 3.14. The summed E-state index contributed by atoms with van der Waals surface area (Å²) in [4.78, 5) is 9.68. The molecule has 0 aromatic carbocycles. The van der Waals surface area contributed by atoms with Crippen LogP contribution in [0.3, 0.4) is 0 Å². The molecule has 0 rings (SSSR count). The van der Waals surface area contributed by atoms with Gasteiger partial charge in [0.15, 0.2) is 0 Å². The van der Waals surface area contributed by atoms with Crippen LogP contribution in [0.5, 0.6) is 0 Å². The summed E-state index contributed by atoms with van der Waals surface area (Å²) in [5.74, 6) is 0. The van der Waals surface area contributed by atoms with Gasteiger partial charge in [-0.1, -0.05) is 6.08 Å². The topological polar surface area (TPSA) is 41.1 Å². The van der Waals surface area contributed by atoms with Crippen molar-refractivity contribution in [3.05, 3.63) is 12.7 Å². The van der Waals surface area contributed by atoms with E-state index in [9.17, 15) is 4.79 Å². The van der Waals surface area contributed by atoms with Gasteiger partial charge in [-0.05, 0) is 6.92 Å². The Hall–Kier alpha value is -0.830. The highest BCUT2D eigenvalue weighted by molar-refractivity contribution is 5.47. The van der Waals surface area contributed by atoms with E-state index >= 15 is 0 Å². The van der Waals surface area contributed by atoms with Gasteiger partial charge in [0, 0.05) is 6.54 Å². The van der Waals surface area contributed by atoms with E-state index < -0.39 is 0 Å². The molecule has 0 aromatic rings. The highest BCUT2D eigenvalue weighted by Gasteiger charge is 1.93. The number of amides is 1. The van der Waals surface area contributed by atoms with E-state index in [1.165, 1.54) is 0 Å². The van der Waals surface area contributed by atoms with Crippen LogP contribution < -0.4 is 10.6 Å². The van der Waals surface area contributed by atoms with Crippen LogP contribution >= 0.6 is 0 Å². The molecule has 51 valence electrons. The predicted molar refractivity (Wildman–Crippen MR) is 36.5 cm³/mol. The molecule has 3 nitrogen and oxygen atoms in total. The van der Waals surface area contributed by atoms with Crippen LogP contribution in [0.15, 0.2) is 12.7 Å². The Labute approximate surface area is 55.1 Å². The largest absolute Gasteiger partial charge is 0.333 e. The molecule has 0 bridgehead atoms. The quantitative estimate of drug-likeness (QED) is 0.304. The lowest BCUT2D eigenvalue weighted by molar-refractivity contribution is 0.497. The Morgan fingerprint density at radius 2 is 2.56 bits per heavy atom. The third kappa shape index (κ3) is 5.03. The van der Waals surface area contributed by atoms with Crippen molar-refractivity contribution in [2.75, 3.05) is 6.54 Å². The molecule has 1 amide bonds. The fourth-order valence-electron chi connectivity index (χ4n) is 0.400. The molecule has 0 aliphatic rings. The molecule has 0 aromatic heterocycles. The molecule has 0 fully saturated rings. The number of hydrogen-bond acceptors (Lipinski definition) is 2. The van der Waals surface area contributed by atoms with Gasteiger partial charge in [-0.25, -0.2) is 0 Å². The smallest absolute Gasteiger partial charge is 0.310 e. The van der Waals surface area contributed by atoms with E-state index in [1.54, 1.807) is 12.5 Å². The highest BCUT2D eigenvalue weighted by Crippen LogP contribution is 1.69. The molecular formula is C6H11N2O. The van der Waals surface area contributed by atoms with Gasteiger partial charge in [0.25, 0.3) is 0 Å². The molecule has 0 saturated carbocycles. The minimum absolute atomic E-state index is 0.0273. The van der Waals surface area contributed by atoms with Crippen LogP contribution in [0, 0.1) is 0 Å². The SMILES string of the molecule is C=CCNC(C)N[C]=O. The van der Waals surface area contributed by atoms with Crippen molar-refractivity contribution < 1.29 is 4.79 Å². The minimum Gasteiger partial charge on any atom is -0.333 e. The summed E-state index contributed by atoms with van der Waals surface area (Å²) in [6, 6.07) is 0. The zero-order valence-electron chi connectivity index (χ0n) is 5.48. The second-order valence-corrected chi connectivity index (χ2v) is 1.67. The van der Waals surface area contributed by atoms with E-state index in [2.05, 4.69) is 17.2 Å². The van der Waals surface area contributed by atoms with Crippen LogP contribution in [-0.4, -0.2) is 19.1 Å². The lowest BCUT2D eigenvalue weighted by Crippen LogP contribution is -2.38. The van der Waals surface area contributed by atoms with Crippen molar-refractivity contribution in [1.82, 2.24) is 10.6 Å². The summed E-state index contributed by atoms with van der Waals surface area (Å²) in [5.41, 5.74) is 0. The number of hydrogen-bond donors (Lipinski definition) is 2. The first-order valence-electron chi connectivity index (χ1n) is 2.78. The maximum Gasteiger partial charge on any atom is 0.310 e. The van der Waals surface area contributed by atoms with Crippen LogP contribution in [0.4, 0.5) is 0 Å². The van der Waals surface area contributed by atoms with E-state index in [4.69, 9.17) is 0 Å². The molecule has 1 atom stereocenters. The Bertz CT molecular complexity index is 93.1. The predicted octanol–water partition coefficient (Wildman–Crippen LogP) is -0.235. The molecular weight excluding hydrogens is 116 g/mol. The first-order chi connectivity index (χ1) is 4.31. The monoisotopic (exact) mass is 127 g/mol. The molecule has 1 unspecified atom stereocenters. The normalized spacial score (nSPS) is 12.1. The Morgan fingerprint density at radius 1 is 1.89 bits per heavy atom. The van der Waals surface area contributed by atoms with Gasteiger partial charge in [0.05, 0.1) is 6.17 Å². The molecule has 0 aliphatic carbocycles. The Morgan fingerprint density at radius 3 is 3.00 bits per heavy atom. The van der Waals surface area contributed by atoms with E-state index in [0.717, 1.165) is 0 Å². The average molecular weight is 127 g/mol. The first kappa shape index (κ1) is 8.17. The second kappa shape index (κ2) is 5.31.